The van der Waals surface area contributed by atoms with Crippen LogP contribution in [0.3, 0.4) is 0 Å². The summed E-state index contributed by atoms with van der Waals surface area (Å²) in [7, 11) is 2.20. The lowest BCUT2D eigenvalue weighted by Gasteiger charge is -2.34. The molecule has 2 fully saturated rings. The van der Waals surface area contributed by atoms with Crippen LogP contribution in [0.25, 0.3) is 0 Å². The van der Waals surface area contributed by atoms with Gasteiger partial charge in [-0.15, -0.1) is 0 Å². The third-order valence-electron chi connectivity index (χ3n) is 2.50. The quantitative estimate of drug-likeness (QED) is 0.475. The number of likely N-dealkylation sites (N-methyl/N-ethyl adjacent to an activating group) is 1. The summed E-state index contributed by atoms with van der Waals surface area (Å²) in [6, 6.07) is 0.791. The molecule has 2 heterocycles. The molecule has 3 nitrogen and oxygen atoms in total. The molecule has 1 atom stereocenters. The van der Waals surface area contributed by atoms with Crippen molar-refractivity contribution in [3.63, 3.8) is 0 Å². The van der Waals surface area contributed by atoms with Crippen molar-refractivity contribution in [3.05, 3.63) is 0 Å². The molecule has 0 spiro atoms. The minimum Gasteiger partial charge on any atom is -0.303 e. The highest BCUT2D eigenvalue weighted by molar-refractivity contribution is 4.86. The van der Waals surface area contributed by atoms with Crippen LogP contribution in [0, 0.1) is 0 Å². The fraction of sp³-hybridized carbons (Fsp3) is 1.00. The second-order valence-corrected chi connectivity index (χ2v) is 3.34. The number of hydrogen-bond acceptors (Lipinski definition) is 3. The lowest BCUT2D eigenvalue weighted by molar-refractivity contribution is 0.129. The monoisotopic (exact) mass is 141 g/mol. The van der Waals surface area contributed by atoms with Gasteiger partial charge >= 0.3 is 0 Å². The maximum absolute atomic E-state index is 3.38. The zero-order valence-electron chi connectivity index (χ0n) is 6.51. The number of nitrogens with zero attached hydrogens (tertiary/aromatic N) is 2. The summed E-state index contributed by atoms with van der Waals surface area (Å²) in [5, 5.41) is 3.38. The van der Waals surface area contributed by atoms with Crippen molar-refractivity contribution in [2.45, 2.75) is 6.04 Å². The predicted molar refractivity (Wildman–Crippen MR) is 40.9 cm³/mol. The highest BCUT2D eigenvalue weighted by atomic mass is 15.4. The maximum Gasteiger partial charge on any atom is 0.0485 e. The number of nitrogens with one attached hydrogen (secondary N) is 1. The van der Waals surface area contributed by atoms with Gasteiger partial charge in [-0.1, -0.05) is 0 Å². The van der Waals surface area contributed by atoms with Gasteiger partial charge in [-0.3, -0.25) is 4.90 Å². The lowest BCUT2D eigenvalue weighted by Crippen LogP contribution is -2.49. The van der Waals surface area contributed by atoms with Crippen molar-refractivity contribution < 1.29 is 0 Å². The average Bonchev–Trinajstić information content (AvgIpc) is 2.33. The third-order valence-corrected chi connectivity index (χ3v) is 2.50. The summed E-state index contributed by atoms with van der Waals surface area (Å²) in [6.07, 6.45) is 0. The first-order chi connectivity index (χ1) is 4.86. The number of piperazine rings is 1. The normalized spacial score (nSPS) is 36.3. The van der Waals surface area contributed by atoms with Crippen LogP contribution in [0.5, 0.6) is 0 Å². The van der Waals surface area contributed by atoms with Crippen LogP contribution in [0.15, 0.2) is 0 Å². The Morgan fingerprint density at radius 1 is 1.40 bits per heavy atom. The molecule has 2 saturated heterocycles. The van der Waals surface area contributed by atoms with E-state index in [9.17, 15) is 0 Å². The van der Waals surface area contributed by atoms with E-state index in [0.717, 1.165) is 12.7 Å². The topological polar surface area (TPSA) is 18.5 Å². The summed E-state index contributed by atoms with van der Waals surface area (Å²) in [6.45, 7) is 6.02. The highest BCUT2D eigenvalue weighted by Crippen LogP contribution is 2.09. The van der Waals surface area contributed by atoms with E-state index >= 15 is 0 Å². The largest absolute Gasteiger partial charge is 0.303 e. The molecule has 0 bridgehead atoms. The molecule has 0 aromatic heterocycles. The van der Waals surface area contributed by atoms with E-state index in [0.29, 0.717) is 0 Å². The smallest absolute Gasteiger partial charge is 0.0485 e. The zero-order chi connectivity index (χ0) is 6.97. The molecule has 0 aliphatic carbocycles. The first-order valence-electron chi connectivity index (χ1n) is 3.99. The third kappa shape index (κ3) is 1.05. The minimum atomic E-state index is 0.791. The number of hydrogen-bond donors (Lipinski definition) is 1. The van der Waals surface area contributed by atoms with Gasteiger partial charge in [0.25, 0.3) is 0 Å². The molecule has 2 aliphatic heterocycles. The fourth-order valence-corrected chi connectivity index (χ4v) is 1.82. The van der Waals surface area contributed by atoms with Gasteiger partial charge in [0.2, 0.25) is 0 Å². The number of fused-ring (bicyclic) bond motifs is 1. The van der Waals surface area contributed by atoms with E-state index in [1.54, 1.807) is 0 Å². The lowest BCUT2D eigenvalue weighted by atomic mass is 10.2. The summed E-state index contributed by atoms with van der Waals surface area (Å²) in [5.41, 5.74) is 0. The molecule has 58 valence electrons. The summed E-state index contributed by atoms with van der Waals surface area (Å²) >= 11 is 0. The molecule has 3 heteroatoms. The Kier molecular flexibility index (Phi) is 1.64. The Hall–Kier alpha value is -0.120. The van der Waals surface area contributed by atoms with E-state index in [1.165, 1.54) is 26.2 Å². The van der Waals surface area contributed by atoms with Gasteiger partial charge in [0, 0.05) is 38.9 Å². The molecule has 0 radical (unpaired) electrons. The summed E-state index contributed by atoms with van der Waals surface area (Å²) in [5.74, 6) is 0. The fourth-order valence-electron chi connectivity index (χ4n) is 1.82. The Bertz CT molecular complexity index is 126. The Labute approximate surface area is 62.0 Å². The Morgan fingerprint density at radius 2 is 2.30 bits per heavy atom. The van der Waals surface area contributed by atoms with Crippen molar-refractivity contribution >= 4 is 0 Å². The molecule has 0 aromatic rings. The molecule has 0 aromatic carbocycles. The van der Waals surface area contributed by atoms with Gasteiger partial charge in [-0.2, -0.15) is 0 Å². The molecule has 1 N–H and O–H groups in total. The molecule has 10 heavy (non-hydrogen) atoms. The molecular weight excluding hydrogens is 126 g/mol. The highest BCUT2D eigenvalue weighted by Gasteiger charge is 2.28. The van der Waals surface area contributed by atoms with Crippen molar-refractivity contribution in [2.24, 2.45) is 0 Å². The van der Waals surface area contributed by atoms with Gasteiger partial charge in [-0.05, 0) is 7.05 Å². The van der Waals surface area contributed by atoms with Gasteiger partial charge in [0.1, 0.15) is 0 Å². The van der Waals surface area contributed by atoms with E-state index in [-0.39, 0.29) is 0 Å². The Balaban J connectivity index is 1.96. The van der Waals surface area contributed by atoms with Crippen LogP contribution >= 0.6 is 0 Å². The van der Waals surface area contributed by atoms with E-state index < -0.39 is 0 Å². The van der Waals surface area contributed by atoms with Gasteiger partial charge in [0.15, 0.2) is 0 Å². The molecule has 0 amide bonds. The van der Waals surface area contributed by atoms with E-state index in [1.807, 2.05) is 0 Å². The van der Waals surface area contributed by atoms with Crippen LogP contribution in [0.4, 0.5) is 0 Å². The summed E-state index contributed by atoms with van der Waals surface area (Å²) < 4.78 is 0. The summed E-state index contributed by atoms with van der Waals surface area (Å²) in [4.78, 5) is 4.94. The second-order valence-electron chi connectivity index (χ2n) is 3.34. The van der Waals surface area contributed by atoms with Gasteiger partial charge in [-0.25, -0.2) is 0 Å². The predicted octanol–water partition coefficient (Wildman–Crippen LogP) is -0.837. The van der Waals surface area contributed by atoms with Crippen LogP contribution in [-0.2, 0) is 0 Å². The first-order valence-corrected chi connectivity index (χ1v) is 3.99. The van der Waals surface area contributed by atoms with Crippen LogP contribution < -0.4 is 5.32 Å². The Morgan fingerprint density at radius 3 is 3.20 bits per heavy atom. The maximum atomic E-state index is 3.38. The zero-order valence-corrected chi connectivity index (χ0v) is 6.51. The van der Waals surface area contributed by atoms with Crippen molar-refractivity contribution in [1.82, 2.24) is 15.1 Å². The van der Waals surface area contributed by atoms with Crippen molar-refractivity contribution in [2.75, 3.05) is 39.9 Å². The van der Waals surface area contributed by atoms with E-state index in [2.05, 4.69) is 22.2 Å². The van der Waals surface area contributed by atoms with Crippen LogP contribution in [-0.4, -0.2) is 55.7 Å². The van der Waals surface area contributed by atoms with Crippen LogP contribution in [0.2, 0.25) is 0 Å². The van der Waals surface area contributed by atoms with Crippen molar-refractivity contribution in [1.29, 1.82) is 0 Å². The molecule has 2 rings (SSSR count). The van der Waals surface area contributed by atoms with Gasteiger partial charge < -0.3 is 10.2 Å². The SMILES string of the molecule is CN1CCN2CNCC2C1. The molecule has 2 aliphatic rings. The molecular formula is C7H15N3. The van der Waals surface area contributed by atoms with Crippen LogP contribution in [0.1, 0.15) is 0 Å². The molecule has 0 saturated carbocycles. The first kappa shape index (κ1) is 6.58. The number of rotatable bonds is 0. The minimum absolute atomic E-state index is 0.791. The standard InChI is InChI=1S/C7H15N3/c1-9-2-3-10-6-8-4-7(10)5-9/h7-8H,2-6H2,1H3. The van der Waals surface area contributed by atoms with Crippen molar-refractivity contribution in [3.8, 4) is 0 Å². The van der Waals surface area contributed by atoms with E-state index in [4.69, 9.17) is 0 Å². The second kappa shape index (κ2) is 2.49. The molecule has 1 unspecified atom stereocenters. The van der Waals surface area contributed by atoms with Gasteiger partial charge in [0.05, 0.1) is 0 Å². The average molecular weight is 141 g/mol.